The molecule has 0 spiro atoms. The second-order valence-electron chi connectivity index (χ2n) is 1.68. The van der Waals surface area contributed by atoms with Gasteiger partial charge in [0.15, 0.2) is 6.29 Å². The smallest absolute Gasteiger partial charge is 0.180 e. The van der Waals surface area contributed by atoms with Crippen molar-refractivity contribution in [1.29, 1.82) is 0 Å². The summed E-state index contributed by atoms with van der Waals surface area (Å²) in [5, 5.41) is 0. The maximum absolute atomic E-state index is 4.95. The summed E-state index contributed by atoms with van der Waals surface area (Å²) in [6.45, 7) is 0.657. The summed E-state index contributed by atoms with van der Waals surface area (Å²) < 4.78 is 19.3. The molecule has 0 aliphatic carbocycles. The second-order valence-corrected chi connectivity index (χ2v) is 1.68. The summed E-state index contributed by atoms with van der Waals surface area (Å²) in [6, 6.07) is 0. The molecule has 0 aromatic rings. The molecule has 0 bridgehead atoms. The first kappa shape index (κ1) is 9.84. The van der Waals surface area contributed by atoms with Crippen molar-refractivity contribution in [2.45, 2.75) is 6.29 Å². The maximum atomic E-state index is 4.95. The molecule has 0 aromatic carbocycles. The predicted molar refractivity (Wildman–Crippen MR) is 35.6 cm³/mol. The zero-order valence-electron chi connectivity index (χ0n) is 6.62. The Bertz CT molecular complexity index is 62.8. The quantitative estimate of drug-likeness (QED) is 0.401. The van der Waals surface area contributed by atoms with Gasteiger partial charge in [-0.15, -0.1) is 0 Å². The van der Waals surface area contributed by atoms with E-state index in [1.165, 1.54) is 0 Å². The van der Waals surface area contributed by atoms with Crippen molar-refractivity contribution in [3.05, 3.63) is 0 Å². The summed E-state index contributed by atoms with van der Waals surface area (Å²) in [6.07, 6.45) is -0.296. The Balaban J connectivity index is 3.09. The normalized spacial score (nSPS) is 10.8. The van der Waals surface area contributed by atoms with E-state index < -0.39 is 0 Å². The van der Waals surface area contributed by atoms with E-state index in [1.54, 1.807) is 21.3 Å². The monoisotopic (exact) mass is 150 g/mol. The zero-order chi connectivity index (χ0) is 7.82. The molecule has 4 nitrogen and oxygen atoms in total. The lowest BCUT2D eigenvalue weighted by Crippen LogP contribution is -2.20. The van der Waals surface area contributed by atoms with Crippen molar-refractivity contribution in [3.8, 4) is 0 Å². The van der Waals surface area contributed by atoms with Gasteiger partial charge in [-0.1, -0.05) is 0 Å². The van der Waals surface area contributed by atoms with Crippen molar-refractivity contribution < 1.29 is 18.9 Å². The van der Waals surface area contributed by atoms with Crippen molar-refractivity contribution in [2.75, 3.05) is 34.7 Å². The molecule has 0 rings (SSSR count). The Kier molecular flexibility index (Phi) is 6.84. The molecule has 10 heavy (non-hydrogen) atoms. The van der Waals surface area contributed by atoms with Gasteiger partial charge in [-0.3, -0.25) is 0 Å². The topological polar surface area (TPSA) is 36.9 Å². The van der Waals surface area contributed by atoms with Gasteiger partial charge >= 0.3 is 0 Å². The molecule has 0 heterocycles. The first-order valence-electron chi connectivity index (χ1n) is 2.97. The minimum absolute atomic E-state index is 0.267. The van der Waals surface area contributed by atoms with E-state index in [0.717, 1.165) is 0 Å². The van der Waals surface area contributed by atoms with E-state index in [9.17, 15) is 0 Å². The van der Waals surface area contributed by atoms with Gasteiger partial charge in [0.25, 0.3) is 0 Å². The van der Waals surface area contributed by atoms with Crippen LogP contribution in [-0.4, -0.2) is 41.0 Å². The minimum Gasteiger partial charge on any atom is -0.359 e. The van der Waals surface area contributed by atoms with Gasteiger partial charge in [-0.05, 0) is 0 Å². The highest BCUT2D eigenvalue weighted by Gasteiger charge is 2.02. The highest BCUT2D eigenvalue weighted by molar-refractivity contribution is 4.35. The van der Waals surface area contributed by atoms with E-state index in [-0.39, 0.29) is 13.1 Å². The largest absolute Gasteiger partial charge is 0.359 e. The molecule has 0 aliphatic heterocycles. The molecule has 0 saturated heterocycles. The SMILES string of the molecule is COCOCC(OC)OC. The van der Waals surface area contributed by atoms with Crippen LogP contribution in [0.1, 0.15) is 0 Å². The molecule has 0 unspecified atom stereocenters. The molecule has 0 aromatic heterocycles. The first-order valence-corrected chi connectivity index (χ1v) is 2.97. The Hall–Kier alpha value is -0.160. The average molecular weight is 150 g/mol. The molecule has 0 radical (unpaired) electrons. The van der Waals surface area contributed by atoms with Gasteiger partial charge in [0.05, 0.1) is 0 Å². The molecular weight excluding hydrogens is 136 g/mol. The van der Waals surface area contributed by atoms with Gasteiger partial charge in [0, 0.05) is 21.3 Å². The van der Waals surface area contributed by atoms with Gasteiger partial charge in [0.1, 0.15) is 13.4 Å². The third kappa shape index (κ3) is 4.69. The van der Waals surface area contributed by atoms with E-state index in [0.29, 0.717) is 6.61 Å². The van der Waals surface area contributed by atoms with E-state index >= 15 is 0 Å². The lowest BCUT2D eigenvalue weighted by atomic mass is 10.7. The van der Waals surface area contributed by atoms with Crippen LogP contribution in [0.3, 0.4) is 0 Å². The fourth-order valence-corrected chi connectivity index (χ4v) is 0.460. The van der Waals surface area contributed by atoms with E-state index in [2.05, 4.69) is 4.74 Å². The fourth-order valence-electron chi connectivity index (χ4n) is 0.460. The number of hydrogen-bond donors (Lipinski definition) is 0. The van der Waals surface area contributed by atoms with Crippen LogP contribution in [0.5, 0.6) is 0 Å². The van der Waals surface area contributed by atoms with Crippen LogP contribution in [0.25, 0.3) is 0 Å². The number of methoxy groups -OCH3 is 3. The summed E-state index contributed by atoms with van der Waals surface area (Å²) in [4.78, 5) is 0. The lowest BCUT2D eigenvalue weighted by molar-refractivity contribution is -0.161. The van der Waals surface area contributed by atoms with Crippen molar-refractivity contribution in [1.82, 2.24) is 0 Å². The standard InChI is InChI=1S/C6H14O4/c1-7-5-10-4-6(8-2)9-3/h6H,4-5H2,1-3H3. The number of ether oxygens (including phenoxy) is 4. The number of rotatable bonds is 6. The lowest BCUT2D eigenvalue weighted by Gasteiger charge is -2.12. The summed E-state index contributed by atoms with van der Waals surface area (Å²) >= 11 is 0. The highest BCUT2D eigenvalue weighted by atomic mass is 16.7. The molecule has 0 atom stereocenters. The van der Waals surface area contributed by atoms with Gasteiger partial charge in [0.2, 0.25) is 0 Å². The van der Waals surface area contributed by atoms with Crippen LogP contribution in [0.15, 0.2) is 0 Å². The van der Waals surface area contributed by atoms with Crippen LogP contribution >= 0.6 is 0 Å². The van der Waals surface area contributed by atoms with Crippen molar-refractivity contribution >= 4 is 0 Å². The second kappa shape index (κ2) is 6.95. The summed E-state index contributed by atoms with van der Waals surface area (Å²) in [5.74, 6) is 0. The molecule has 0 fully saturated rings. The summed E-state index contributed by atoms with van der Waals surface area (Å²) in [5.41, 5.74) is 0. The Morgan fingerprint density at radius 2 is 1.70 bits per heavy atom. The molecule has 0 amide bonds. The van der Waals surface area contributed by atoms with E-state index in [4.69, 9.17) is 14.2 Å². The van der Waals surface area contributed by atoms with Crippen LogP contribution in [0.4, 0.5) is 0 Å². The van der Waals surface area contributed by atoms with Crippen molar-refractivity contribution in [2.24, 2.45) is 0 Å². The Morgan fingerprint density at radius 1 is 1.10 bits per heavy atom. The predicted octanol–water partition coefficient (Wildman–Crippen LogP) is 0.226. The highest BCUT2D eigenvalue weighted by Crippen LogP contribution is 1.90. The first-order chi connectivity index (χ1) is 4.85. The van der Waals surface area contributed by atoms with E-state index in [1.807, 2.05) is 0 Å². The van der Waals surface area contributed by atoms with Crippen LogP contribution < -0.4 is 0 Å². The molecule has 4 heteroatoms. The average Bonchev–Trinajstić information content (AvgIpc) is 1.99. The van der Waals surface area contributed by atoms with Crippen LogP contribution in [0, 0.1) is 0 Å². The third-order valence-electron chi connectivity index (χ3n) is 0.981. The molecule has 0 saturated carbocycles. The van der Waals surface area contributed by atoms with Gasteiger partial charge in [-0.25, -0.2) is 0 Å². The Morgan fingerprint density at radius 3 is 2.10 bits per heavy atom. The summed E-state index contributed by atoms with van der Waals surface area (Å²) in [7, 11) is 4.68. The fraction of sp³-hybridized carbons (Fsp3) is 1.00. The Labute approximate surface area is 61.0 Å². The molecule has 0 aliphatic rings. The van der Waals surface area contributed by atoms with Gasteiger partial charge < -0.3 is 18.9 Å². The maximum Gasteiger partial charge on any atom is 0.180 e. The van der Waals surface area contributed by atoms with Gasteiger partial charge in [-0.2, -0.15) is 0 Å². The molecule has 0 N–H and O–H groups in total. The number of hydrogen-bond acceptors (Lipinski definition) is 4. The molecule has 62 valence electrons. The molecular formula is C6H14O4. The van der Waals surface area contributed by atoms with Crippen molar-refractivity contribution in [3.63, 3.8) is 0 Å². The van der Waals surface area contributed by atoms with Crippen LogP contribution in [-0.2, 0) is 18.9 Å². The zero-order valence-corrected chi connectivity index (χ0v) is 6.62. The minimum atomic E-state index is -0.296. The van der Waals surface area contributed by atoms with Crippen LogP contribution in [0.2, 0.25) is 0 Å². The third-order valence-corrected chi connectivity index (χ3v) is 0.981.